The van der Waals surface area contributed by atoms with Crippen LogP contribution in [0.2, 0.25) is 0 Å². The first-order valence-electron chi connectivity index (χ1n) is 10.2. The van der Waals surface area contributed by atoms with E-state index in [0.29, 0.717) is 18.2 Å². The minimum Gasteiger partial charge on any atom is -0.453 e. The number of aromatic amines is 1. The third-order valence-corrected chi connectivity index (χ3v) is 4.36. The number of nitrogens with one attached hydrogen (secondary N) is 3. The van der Waals surface area contributed by atoms with Gasteiger partial charge in [-0.1, -0.05) is 13.8 Å². The van der Waals surface area contributed by atoms with Crippen molar-refractivity contribution in [2.75, 3.05) is 19.0 Å². The number of aromatic nitrogens is 1. The van der Waals surface area contributed by atoms with E-state index in [1.54, 1.807) is 0 Å². The van der Waals surface area contributed by atoms with Crippen LogP contribution in [0, 0.1) is 17.2 Å². The number of methoxy groups -OCH3 is 1. The quantitative estimate of drug-likeness (QED) is 0.305. The normalized spacial score (nSPS) is 9.84. The Kier molecular flexibility index (Phi) is 15.3. The SMILES string of the molecule is CCC(C#N)CC.COC(=O)Nc1ccc2[nH]cc(CCCNC(C)=O)c2c1.O=[PH](O)O. The van der Waals surface area contributed by atoms with Gasteiger partial charge in [0, 0.05) is 42.2 Å². The first-order valence-corrected chi connectivity index (χ1v) is 11.5. The van der Waals surface area contributed by atoms with E-state index in [9.17, 15) is 9.59 Å². The lowest BCUT2D eigenvalue weighted by molar-refractivity contribution is -0.118. The van der Waals surface area contributed by atoms with Gasteiger partial charge in [0.2, 0.25) is 5.91 Å². The van der Waals surface area contributed by atoms with Gasteiger partial charge in [-0.3, -0.25) is 14.7 Å². The molecule has 0 fully saturated rings. The highest BCUT2D eigenvalue weighted by atomic mass is 31.1. The van der Waals surface area contributed by atoms with Crippen LogP contribution in [-0.2, 0) is 20.5 Å². The Bertz CT molecular complexity index is 901. The summed E-state index contributed by atoms with van der Waals surface area (Å²) < 4.78 is 13.3. The molecule has 0 saturated heterocycles. The number of hydrogen-bond donors (Lipinski definition) is 5. The second-order valence-corrected chi connectivity index (χ2v) is 7.27. The maximum Gasteiger partial charge on any atom is 0.411 e. The van der Waals surface area contributed by atoms with E-state index in [1.807, 2.05) is 38.2 Å². The fourth-order valence-electron chi connectivity index (χ4n) is 2.65. The third kappa shape index (κ3) is 12.7. The standard InChI is InChI=1S/C15H19N3O3.C6H11N.H3O3P/c1-10(19)16-7-3-4-11-9-17-14-6-5-12(8-13(11)14)18-15(20)21-2;1-3-6(4-2)5-7;1-4(2)3/h5-6,8-9,17H,3-4,7H2,1-2H3,(H,16,19)(H,18,20);6H,3-4H2,1-2H3;4H,(H2,1,2,3). The van der Waals surface area contributed by atoms with Gasteiger partial charge in [0.25, 0.3) is 0 Å². The minimum atomic E-state index is -3.13. The molecule has 1 aromatic heterocycles. The zero-order valence-corrected chi connectivity index (χ0v) is 19.9. The molecule has 0 atom stereocenters. The van der Waals surface area contributed by atoms with Crippen molar-refractivity contribution in [2.45, 2.75) is 46.5 Å². The molecule has 2 amide bonds. The Morgan fingerprint density at radius 2 is 1.91 bits per heavy atom. The molecule has 0 saturated carbocycles. The number of carbonyl (C=O) groups is 2. The van der Waals surface area contributed by atoms with Crippen LogP contribution in [0.4, 0.5) is 10.5 Å². The number of amides is 2. The predicted molar refractivity (Wildman–Crippen MR) is 124 cm³/mol. The Balaban J connectivity index is 0.000000728. The van der Waals surface area contributed by atoms with Gasteiger partial charge >= 0.3 is 14.3 Å². The molecule has 0 bridgehead atoms. The molecule has 0 unspecified atom stereocenters. The molecule has 10 nitrogen and oxygen atoms in total. The second kappa shape index (κ2) is 16.8. The topological polar surface area (TPSA) is 165 Å². The summed E-state index contributed by atoms with van der Waals surface area (Å²) in [7, 11) is -1.80. The number of carbonyl (C=O) groups excluding carboxylic acids is 2. The molecule has 178 valence electrons. The lowest BCUT2D eigenvalue weighted by Gasteiger charge is -2.05. The number of nitrogens with zero attached hydrogens (tertiary/aromatic N) is 1. The van der Waals surface area contributed by atoms with Crippen LogP contribution >= 0.6 is 8.25 Å². The number of ether oxygens (including phenoxy) is 1. The van der Waals surface area contributed by atoms with Crippen LogP contribution in [0.15, 0.2) is 24.4 Å². The first-order chi connectivity index (χ1) is 15.2. The lowest BCUT2D eigenvalue weighted by Crippen LogP contribution is -2.21. The molecule has 1 aromatic carbocycles. The van der Waals surface area contributed by atoms with Crippen molar-refractivity contribution in [1.82, 2.24) is 10.3 Å². The van der Waals surface area contributed by atoms with E-state index in [1.165, 1.54) is 14.0 Å². The first kappa shape index (κ1) is 29.1. The predicted octanol–water partition coefficient (Wildman–Crippen LogP) is 3.72. The number of H-pyrrole nitrogens is 1. The summed E-state index contributed by atoms with van der Waals surface area (Å²) in [4.78, 5) is 39.6. The van der Waals surface area contributed by atoms with E-state index in [2.05, 4.69) is 26.4 Å². The molecule has 5 N–H and O–H groups in total. The third-order valence-electron chi connectivity index (χ3n) is 4.36. The minimum absolute atomic E-state index is 0.0153. The number of rotatable bonds is 7. The fourth-order valence-corrected chi connectivity index (χ4v) is 2.65. The summed E-state index contributed by atoms with van der Waals surface area (Å²) in [6.07, 6.45) is 5.17. The van der Waals surface area contributed by atoms with Gasteiger partial charge in [-0.2, -0.15) is 5.26 Å². The molecule has 11 heteroatoms. The lowest BCUT2D eigenvalue weighted by atomic mass is 10.1. The molecule has 2 rings (SSSR count). The van der Waals surface area contributed by atoms with Gasteiger partial charge < -0.3 is 24.8 Å². The summed E-state index contributed by atoms with van der Waals surface area (Å²) in [5, 5.41) is 14.8. The van der Waals surface area contributed by atoms with Crippen LogP contribution < -0.4 is 10.6 Å². The molecule has 0 aliphatic heterocycles. The highest BCUT2D eigenvalue weighted by Crippen LogP contribution is 2.23. The zero-order chi connectivity index (χ0) is 24.5. The van der Waals surface area contributed by atoms with E-state index < -0.39 is 14.3 Å². The Morgan fingerprint density at radius 3 is 2.38 bits per heavy atom. The van der Waals surface area contributed by atoms with Crippen LogP contribution in [0.1, 0.15) is 45.6 Å². The van der Waals surface area contributed by atoms with Gasteiger partial charge in [0.1, 0.15) is 0 Å². The van der Waals surface area contributed by atoms with Crippen molar-refractivity contribution in [2.24, 2.45) is 5.92 Å². The average Bonchev–Trinajstić information content (AvgIpc) is 3.14. The summed E-state index contributed by atoms with van der Waals surface area (Å²) >= 11 is 0. The van der Waals surface area contributed by atoms with Crippen LogP contribution in [0.5, 0.6) is 0 Å². The van der Waals surface area contributed by atoms with Crippen LogP contribution in [-0.4, -0.2) is 40.4 Å². The Hall–Kier alpha value is -2.86. The molecular weight excluding hydrogens is 435 g/mol. The Morgan fingerprint density at radius 1 is 1.28 bits per heavy atom. The Labute approximate surface area is 188 Å². The maximum absolute atomic E-state index is 11.2. The number of benzene rings is 1. The van der Waals surface area contributed by atoms with Crippen molar-refractivity contribution in [3.8, 4) is 6.07 Å². The van der Waals surface area contributed by atoms with Crippen molar-refractivity contribution >= 4 is 36.8 Å². The largest absolute Gasteiger partial charge is 0.453 e. The molecule has 0 radical (unpaired) electrons. The number of anilines is 1. The number of fused-ring (bicyclic) bond motifs is 1. The molecule has 0 spiro atoms. The van der Waals surface area contributed by atoms with Crippen LogP contribution in [0.3, 0.4) is 0 Å². The van der Waals surface area contributed by atoms with E-state index in [4.69, 9.17) is 19.6 Å². The van der Waals surface area contributed by atoms with Crippen molar-refractivity contribution < 1.29 is 28.7 Å². The fraction of sp³-hybridized carbons (Fsp3) is 0.476. The summed E-state index contributed by atoms with van der Waals surface area (Å²) in [6.45, 7) is 6.24. The number of hydrogen-bond acceptors (Lipinski definition) is 5. The van der Waals surface area contributed by atoms with E-state index in [0.717, 1.165) is 42.1 Å². The molecular formula is C21H33N4O6P. The maximum atomic E-state index is 11.2. The average molecular weight is 468 g/mol. The van der Waals surface area contributed by atoms with Crippen LogP contribution in [0.25, 0.3) is 10.9 Å². The number of aryl methyl sites for hydroxylation is 1. The zero-order valence-electron chi connectivity index (χ0n) is 18.9. The highest BCUT2D eigenvalue weighted by molar-refractivity contribution is 7.30. The van der Waals surface area contributed by atoms with Gasteiger partial charge in [-0.05, 0) is 49.4 Å². The van der Waals surface area contributed by atoms with Gasteiger partial charge in [0.05, 0.1) is 13.2 Å². The van der Waals surface area contributed by atoms with Gasteiger partial charge in [0.15, 0.2) is 0 Å². The monoisotopic (exact) mass is 468 g/mol. The smallest absolute Gasteiger partial charge is 0.411 e. The summed E-state index contributed by atoms with van der Waals surface area (Å²) in [6, 6.07) is 7.85. The second-order valence-electron chi connectivity index (χ2n) is 6.70. The molecule has 0 aliphatic rings. The molecule has 32 heavy (non-hydrogen) atoms. The summed E-state index contributed by atoms with van der Waals surface area (Å²) in [5.41, 5.74) is 2.86. The number of nitriles is 1. The highest BCUT2D eigenvalue weighted by Gasteiger charge is 2.07. The van der Waals surface area contributed by atoms with Gasteiger partial charge in [-0.15, -0.1) is 0 Å². The van der Waals surface area contributed by atoms with Crippen molar-refractivity contribution in [3.63, 3.8) is 0 Å². The molecule has 2 aromatic rings. The van der Waals surface area contributed by atoms with E-state index >= 15 is 0 Å². The van der Waals surface area contributed by atoms with Crippen molar-refractivity contribution in [3.05, 3.63) is 30.0 Å². The van der Waals surface area contributed by atoms with Crippen molar-refractivity contribution in [1.29, 1.82) is 5.26 Å². The molecule has 0 aliphatic carbocycles. The van der Waals surface area contributed by atoms with Gasteiger partial charge in [-0.25, -0.2) is 4.79 Å². The molecule has 1 heterocycles. The van der Waals surface area contributed by atoms with E-state index in [-0.39, 0.29) is 5.91 Å². The summed E-state index contributed by atoms with van der Waals surface area (Å²) in [5.74, 6) is 0.276.